The van der Waals surface area contributed by atoms with Crippen LogP contribution in [0, 0.1) is 23.7 Å². The van der Waals surface area contributed by atoms with Crippen molar-refractivity contribution < 1.29 is 107 Å². The summed E-state index contributed by atoms with van der Waals surface area (Å²) >= 11 is 1.68. The minimum Gasteiger partial charge on any atom is -0.456 e. The summed E-state index contributed by atoms with van der Waals surface area (Å²) in [6, 6.07) is -1.19. The number of cyclic esters (lactones) is 1. The summed E-state index contributed by atoms with van der Waals surface area (Å²) in [7, 11) is -3.68. The molecule has 0 aromatic carbocycles. The van der Waals surface area contributed by atoms with Gasteiger partial charge in [-0.05, 0) is 212 Å². The number of carbonyl (C=O) groups excluding carboxylic acids is 2. The highest BCUT2D eigenvalue weighted by Gasteiger charge is 2.40. The summed E-state index contributed by atoms with van der Waals surface area (Å²) in [5.41, 5.74) is 6.57. The summed E-state index contributed by atoms with van der Waals surface area (Å²) in [6.07, 6.45) is 12.9. The number of fused-ring (bicyclic) bond motifs is 2. The number of oxazole rings is 1. The van der Waals surface area contributed by atoms with Gasteiger partial charge in [-0.1, -0.05) is 104 Å². The summed E-state index contributed by atoms with van der Waals surface area (Å²) in [6.45, 7) is 12.2. The van der Waals surface area contributed by atoms with Gasteiger partial charge >= 0.3 is 16.4 Å². The van der Waals surface area contributed by atoms with Crippen molar-refractivity contribution in [3.8, 4) is 0 Å². The predicted octanol–water partition coefficient (Wildman–Crippen LogP) is 10.4. The first-order valence-electron chi connectivity index (χ1n) is 41.2. The van der Waals surface area contributed by atoms with E-state index in [-0.39, 0.29) is 124 Å². The normalized spacial score (nSPS) is 29.7. The number of unbranched alkanes of at least 4 members (excludes halogenated alkanes) is 7. The number of aromatic nitrogens is 2. The molecule has 0 radical (unpaired) electrons. The van der Waals surface area contributed by atoms with E-state index < -0.39 is 126 Å². The Balaban J connectivity index is 1.31. The van der Waals surface area contributed by atoms with Crippen LogP contribution in [-0.4, -0.2) is 213 Å². The van der Waals surface area contributed by atoms with Gasteiger partial charge in [-0.15, -0.1) is 11.3 Å². The number of hydrogen-bond acceptors (Lipinski definition) is 25. The highest BCUT2D eigenvalue weighted by molar-refractivity contribution is 7.80. The highest BCUT2D eigenvalue weighted by atomic mass is 32.3. The Morgan fingerprint density at radius 2 is 1.21 bits per heavy atom. The molecule has 4 heterocycles. The molecule has 2 aliphatic heterocycles. The molecule has 0 saturated carbocycles. The monoisotopic (exact) mass is 1590 g/mol. The molecule has 109 heavy (non-hydrogen) atoms. The van der Waals surface area contributed by atoms with Gasteiger partial charge in [-0.2, -0.15) is 8.42 Å². The van der Waals surface area contributed by atoms with Crippen molar-refractivity contribution in [2.24, 2.45) is 29.4 Å². The summed E-state index contributed by atoms with van der Waals surface area (Å²) < 4.78 is 64.4. The van der Waals surface area contributed by atoms with Gasteiger partial charge in [0.1, 0.15) is 24.6 Å². The van der Waals surface area contributed by atoms with Crippen molar-refractivity contribution in [1.29, 1.82) is 0 Å². The number of carbonyl (C=O) groups is 2. The Bertz CT molecular complexity index is 2920. The molecule has 16 N–H and O–H groups in total. The van der Waals surface area contributed by atoms with Crippen molar-refractivity contribution in [2.75, 3.05) is 7.11 Å². The van der Waals surface area contributed by atoms with E-state index in [9.17, 15) is 83.8 Å². The number of methoxy groups -OCH3 is 1. The molecule has 2 aromatic rings. The van der Waals surface area contributed by atoms with Crippen LogP contribution in [0.15, 0.2) is 39.9 Å². The number of esters is 1. The first kappa shape index (κ1) is 97.9. The van der Waals surface area contributed by atoms with Crippen LogP contribution in [0.2, 0.25) is 0 Å². The van der Waals surface area contributed by atoms with E-state index in [0.29, 0.717) is 96.3 Å². The Hall–Kier alpha value is -3.47. The van der Waals surface area contributed by atoms with Gasteiger partial charge < -0.3 is 91.0 Å². The number of rotatable bonds is 33. The maximum Gasteiger partial charge on any atom is 0.397 e. The third kappa shape index (κ3) is 42.6. The van der Waals surface area contributed by atoms with Crippen molar-refractivity contribution in [3.63, 3.8) is 0 Å². The maximum atomic E-state index is 14.3. The molecule has 2 aromatic heterocycles. The number of aliphatic hydroxyl groups excluding tert-OH is 12. The third-order valence-electron chi connectivity index (χ3n) is 21.8. The molecule has 28 heteroatoms. The number of hydrogen-bond donors (Lipinski definition) is 15. The standard InChI is InChI=1S/C81H144N4O22S2/c1-52-35-38-66(93)43-61(88)27-19-26-59(86)25-18-17-23-54(3)79(107-109(100,101)102)78(58(7)105-81(99)71-50-104-76(83-71)33-22-32-62(89)42-60(87)28-21-31-65(92)47-70(103-8)39-36-52)85-80(98)56(5)41-55(4)73(97)48-68(95)45-64(91)30-20-29-63(90)44-67(94)46-69(96)49-75-53(2)37-40-74(106-75)72-51-108-77(84-72)34-16-14-12-10-9-11-13-15-24-57(6)82/h36,39,41,50-55,57-70,73-75,78-79,86-97H,9-35,37-38,40,42-49,82H2,1-8H3,(H,85,98)(H,100,101,102)/b39-36+,56-41+/t52?,53?,54?,55?,57-,58?,59?,60?,61?,62?,63?,64?,65?,66?,67?,68?,69?,70?,73?,74?,75?,78?,79?/m1/s1. The van der Waals surface area contributed by atoms with Crippen LogP contribution in [0.25, 0.3) is 0 Å². The molecule has 1 amide bonds. The number of aliphatic hydroxyl groups is 12. The summed E-state index contributed by atoms with van der Waals surface area (Å²) in [5.74, 6) is -2.94. The second-order valence-corrected chi connectivity index (χ2v) is 34.5. The number of aryl methyl sites for hydroxylation is 2. The Kier molecular flexibility index (Phi) is 48.2. The lowest BCUT2D eigenvalue weighted by atomic mass is 9.88. The molecule has 22 unspecified atom stereocenters. The number of ether oxygens (including phenoxy) is 3. The fourth-order valence-corrected chi connectivity index (χ4v) is 16.4. The SMILES string of the molecule is COC1/C=C/C(C)CCC(O)CC(O)CCCC(O)CCCCC(C)C(OS(=O)(=O)O)C(NC(=O)/C(C)=C/C(C)C(O)CC(O)CC(O)CCCC(O)CC(O)CC(O)CC2OC(c3csc(CCCCCCCCCC[C@@H](C)N)n3)CCC2C)C(C)OC(=O)c2coc(n2)CCCC(O)CC(O)CCCC(O)C1. The van der Waals surface area contributed by atoms with E-state index in [4.69, 9.17) is 33.5 Å². The molecule has 23 atom stereocenters. The lowest BCUT2D eigenvalue weighted by Crippen LogP contribution is -2.55. The quantitative estimate of drug-likeness (QED) is 0.0104. The molecule has 0 spiro atoms. The minimum absolute atomic E-state index is 0.0201. The molecular formula is C81H144N4O22S2. The lowest BCUT2D eigenvalue weighted by Gasteiger charge is -2.35. The third-order valence-corrected chi connectivity index (χ3v) is 23.2. The second kappa shape index (κ2) is 53.6. The van der Waals surface area contributed by atoms with Crippen LogP contribution in [0.3, 0.4) is 0 Å². The Morgan fingerprint density at radius 3 is 1.83 bits per heavy atom. The molecule has 2 bridgehead atoms. The first-order chi connectivity index (χ1) is 51.7. The lowest BCUT2D eigenvalue weighted by molar-refractivity contribution is -0.120. The maximum absolute atomic E-state index is 14.3. The zero-order valence-corrected chi connectivity index (χ0v) is 68.4. The molecule has 0 aliphatic carbocycles. The number of thiazole rings is 1. The van der Waals surface area contributed by atoms with Crippen LogP contribution in [0.1, 0.15) is 313 Å². The zero-order chi connectivity index (χ0) is 80.6. The molecule has 26 nitrogen and oxygen atoms in total. The average molecular weight is 1590 g/mol. The average Bonchev–Trinajstić information content (AvgIpc) is 1.78. The Labute approximate surface area is 654 Å². The van der Waals surface area contributed by atoms with E-state index in [1.165, 1.54) is 64.9 Å². The van der Waals surface area contributed by atoms with Crippen LogP contribution in [0.4, 0.5) is 0 Å². The van der Waals surface area contributed by atoms with Gasteiger partial charge in [0.15, 0.2) is 11.6 Å². The van der Waals surface area contributed by atoms with Crippen molar-refractivity contribution in [2.45, 2.75) is 408 Å². The molecule has 2 aliphatic rings. The molecular weight excluding hydrogens is 1450 g/mol. The van der Waals surface area contributed by atoms with Gasteiger partial charge in [0, 0.05) is 42.9 Å². The van der Waals surface area contributed by atoms with Crippen molar-refractivity contribution in [1.82, 2.24) is 15.3 Å². The molecule has 632 valence electrons. The highest BCUT2D eigenvalue weighted by Crippen LogP contribution is 2.38. The van der Waals surface area contributed by atoms with Crippen LogP contribution >= 0.6 is 11.3 Å². The van der Waals surface area contributed by atoms with Gasteiger partial charge in [-0.3, -0.25) is 9.35 Å². The number of allylic oxidation sites excluding steroid dienone is 1. The topological polar surface area (TPSA) is 445 Å². The van der Waals surface area contributed by atoms with E-state index >= 15 is 0 Å². The summed E-state index contributed by atoms with van der Waals surface area (Å²) in [5, 5.41) is 137. The van der Waals surface area contributed by atoms with Crippen molar-refractivity contribution >= 4 is 33.6 Å². The van der Waals surface area contributed by atoms with Crippen LogP contribution in [-0.2, 0) is 46.4 Å². The fourth-order valence-electron chi connectivity index (χ4n) is 14.9. The van der Waals surface area contributed by atoms with Gasteiger partial charge in [0.05, 0.1) is 102 Å². The smallest absolute Gasteiger partial charge is 0.397 e. The largest absolute Gasteiger partial charge is 0.456 e. The van der Waals surface area contributed by atoms with Gasteiger partial charge in [0.25, 0.3) is 0 Å². The predicted molar refractivity (Wildman–Crippen MR) is 419 cm³/mol. The molecule has 1 fully saturated rings. The minimum atomic E-state index is -5.24. The number of nitrogens with one attached hydrogen (secondary N) is 1. The second-order valence-electron chi connectivity index (χ2n) is 32.5. The van der Waals surface area contributed by atoms with Gasteiger partial charge in [0.2, 0.25) is 5.91 Å². The number of nitrogens with zero attached hydrogens (tertiary/aromatic N) is 2. The zero-order valence-electron chi connectivity index (χ0n) is 66.8. The molecule has 1 saturated heterocycles. The Morgan fingerprint density at radius 1 is 0.651 bits per heavy atom. The van der Waals surface area contributed by atoms with E-state index in [0.717, 1.165) is 49.1 Å². The van der Waals surface area contributed by atoms with Crippen molar-refractivity contribution in [3.05, 3.63) is 57.7 Å². The summed E-state index contributed by atoms with van der Waals surface area (Å²) in [4.78, 5) is 37.3. The van der Waals surface area contributed by atoms with Crippen LogP contribution < -0.4 is 11.1 Å². The number of nitrogens with two attached hydrogens (primary N) is 1. The van der Waals surface area contributed by atoms with Crippen LogP contribution in [0.5, 0.6) is 0 Å². The van der Waals surface area contributed by atoms with E-state index in [1.807, 2.05) is 19.1 Å². The fraction of sp³-hybridized carbons (Fsp3) is 0.852. The van der Waals surface area contributed by atoms with E-state index in [1.54, 1.807) is 32.3 Å². The first-order valence-corrected chi connectivity index (χ1v) is 43.4. The van der Waals surface area contributed by atoms with Gasteiger partial charge in [-0.25, -0.2) is 18.9 Å². The molecule has 4 rings (SSSR count). The number of amides is 1. The van der Waals surface area contributed by atoms with E-state index in [2.05, 4.69) is 29.5 Å².